The van der Waals surface area contributed by atoms with Crippen molar-refractivity contribution in [3.05, 3.63) is 29.8 Å². The highest BCUT2D eigenvalue weighted by Crippen LogP contribution is 2.32. The minimum Gasteiger partial charge on any atom is -0.384 e. The molecule has 100 valence electrons. The van der Waals surface area contributed by atoms with Crippen molar-refractivity contribution >= 4 is 11.6 Å². The Bertz CT molecular complexity index is 513. The number of hydrogen-bond acceptors (Lipinski definition) is 2. The number of nitrogens with one attached hydrogen (secondary N) is 1. The quantitative estimate of drug-likeness (QED) is 0.799. The lowest BCUT2D eigenvalue weighted by Crippen LogP contribution is -2.24. The van der Waals surface area contributed by atoms with Crippen LogP contribution in [0, 0.1) is 23.7 Å². The molecule has 0 aromatic heterocycles. The number of aliphatic hydroxyl groups excluding tert-OH is 1. The first-order valence-corrected chi connectivity index (χ1v) is 6.72. The summed E-state index contributed by atoms with van der Waals surface area (Å²) in [6.07, 6.45) is 3.23. The first kappa shape index (κ1) is 13.6. The summed E-state index contributed by atoms with van der Waals surface area (Å²) in [5, 5.41) is 11.7. The predicted octanol–water partition coefficient (Wildman–Crippen LogP) is 2.41. The van der Waals surface area contributed by atoms with Crippen molar-refractivity contribution in [1.82, 2.24) is 0 Å². The Kier molecular flexibility index (Phi) is 4.59. The molecule has 19 heavy (non-hydrogen) atoms. The van der Waals surface area contributed by atoms with E-state index in [0.717, 1.165) is 30.5 Å². The third-order valence-corrected chi connectivity index (χ3v) is 3.69. The second kappa shape index (κ2) is 6.40. The molecular weight excluding hydrogens is 238 g/mol. The van der Waals surface area contributed by atoms with Gasteiger partial charge in [-0.05, 0) is 30.9 Å². The molecule has 0 heterocycles. The number of para-hydroxylation sites is 1. The molecule has 2 unspecified atom stereocenters. The molecule has 1 aliphatic carbocycles. The van der Waals surface area contributed by atoms with Gasteiger partial charge in [-0.3, -0.25) is 4.79 Å². The van der Waals surface area contributed by atoms with Crippen LogP contribution in [-0.2, 0) is 4.79 Å². The zero-order valence-electron chi connectivity index (χ0n) is 11.1. The average Bonchev–Trinajstić information content (AvgIpc) is 2.84. The van der Waals surface area contributed by atoms with E-state index in [1.807, 2.05) is 24.3 Å². The van der Waals surface area contributed by atoms with Crippen LogP contribution in [0.25, 0.3) is 0 Å². The van der Waals surface area contributed by atoms with E-state index >= 15 is 0 Å². The lowest BCUT2D eigenvalue weighted by Gasteiger charge is -2.15. The molecule has 3 heteroatoms. The summed E-state index contributed by atoms with van der Waals surface area (Å²) in [5.74, 6) is 6.12. The Morgan fingerprint density at radius 2 is 2.21 bits per heavy atom. The van der Waals surface area contributed by atoms with Gasteiger partial charge in [-0.1, -0.05) is 37.3 Å². The Labute approximate surface area is 114 Å². The van der Waals surface area contributed by atoms with Crippen LogP contribution < -0.4 is 5.32 Å². The highest BCUT2D eigenvalue weighted by Gasteiger charge is 2.29. The standard InChI is InChI=1S/C16H19NO2/c1-12-6-4-9-14(12)16(19)17-15-10-3-2-7-13(15)8-5-11-18/h2-3,7,10,12,14,18H,4,6,9,11H2,1H3,(H,17,19). The van der Waals surface area contributed by atoms with Crippen molar-refractivity contribution in [2.24, 2.45) is 11.8 Å². The maximum Gasteiger partial charge on any atom is 0.227 e. The van der Waals surface area contributed by atoms with Gasteiger partial charge in [-0.25, -0.2) is 0 Å². The maximum atomic E-state index is 12.2. The van der Waals surface area contributed by atoms with Crippen molar-refractivity contribution in [2.75, 3.05) is 11.9 Å². The minimum absolute atomic E-state index is 0.0863. The van der Waals surface area contributed by atoms with Crippen LogP contribution in [0.1, 0.15) is 31.7 Å². The second-order valence-corrected chi connectivity index (χ2v) is 5.01. The number of amides is 1. The number of carbonyl (C=O) groups excluding carboxylic acids is 1. The molecule has 1 fully saturated rings. The van der Waals surface area contributed by atoms with Gasteiger partial charge in [0, 0.05) is 11.5 Å². The molecule has 1 saturated carbocycles. The van der Waals surface area contributed by atoms with Gasteiger partial charge in [0.15, 0.2) is 0 Å². The molecular formula is C16H19NO2. The maximum absolute atomic E-state index is 12.2. The van der Waals surface area contributed by atoms with Gasteiger partial charge in [0.2, 0.25) is 5.91 Å². The van der Waals surface area contributed by atoms with E-state index in [4.69, 9.17) is 5.11 Å². The largest absolute Gasteiger partial charge is 0.384 e. The van der Waals surface area contributed by atoms with E-state index in [9.17, 15) is 4.79 Å². The van der Waals surface area contributed by atoms with Crippen LogP contribution in [0.5, 0.6) is 0 Å². The zero-order valence-corrected chi connectivity index (χ0v) is 11.1. The Balaban J connectivity index is 2.12. The first-order chi connectivity index (χ1) is 9.22. The van der Waals surface area contributed by atoms with E-state index in [1.54, 1.807) is 0 Å². The Morgan fingerprint density at radius 1 is 1.42 bits per heavy atom. The molecule has 2 atom stereocenters. The third-order valence-electron chi connectivity index (χ3n) is 3.69. The number of aliphatic hydroxyl groups is 1. The molecule has 0 saturated heterocycles. The molecule has 1 aromatic rings. The molecule has 2 rings (SSSR count). The molecule has 3 nitrogen and oxygen atoms in total. The zero-order chi connectivity index (χ0) is 13.7. The summed E-state index contributed by atoms with van der Waals surface area (Å²) in [4.78, 5) is 12.2. The van der Waals surface area contributed by atoms with Crippen molar-refractivity contribution in [3.63, 3.8) is 0 Å². The smallest absolute Gasteiger partial charge is 0.227 e. The van der Waals surface area contributed by atoms with Gasteiger partial charge in [0.1, 0.15) is 6.61 Å². The Hall–Kier alpha value is -1.79. The van der Waals surface area contributed by atoms with Crippen molar-refractivity contribution in [2.45, 2.75) is 26.2 Å². The number of rotatable bonds is 2. The van der Waals surface area contributed by atoms with Crippen LogP contribution in [0.2, 0.25) is 0 Å². The topological polar surface area (TPSA) is 49.3 Å². The fourth-order valence-corrected chi connectivity index (χ4v) is 2.60. The van der Waals surface area contributed by atoms with Gasteiger partial charge in [-0.2, -0.15) is 0 Å². The molecule has 1 aromatic carbocycles. The number of benzene rings is 1. The third kappa shape index (κ3) is 3.36. The average molecular weight is 257 g/mol. The van der Waals surface area contributed by atoms with Gasteiger partial charge in [0.25, 0.3) is 0 Å². The number of carbonyl (C=O) groups is 1. The fourth-order valence-electron chi connectivity index (χ4n) is 2.60. The lowest BCUT2D eigenvalue weighted by atomic mass is 9.97. The van der Waals surface area contributed by atoms with Gasteiger partial charge < -0.3 is 10.4 Å². The summed E-state index contributed by atoms with van der Waals surface area (Å²) in [6.45, 7) is 1.96. The molecule has 0 aliphatic heterocycles. The summed E-state index contributed by atoms with van der Waals surface area (Å²) < 4.78 is 0. The van der Waals surface area contributed by atoms with Crippen molar-refractivity contribution < 1.29 is 9.90 Å². The summed E-state index contributed by atoms with van der Waals surface area (Å²) in [7, 11) is 0. The Morgan fingerprint density at radius 3 is 2.89 bits per heavy atom. The highest BCUT2D eigenvalue weighted by atomic mass is 16.2. The monoisotopic (exact) mass is 257 g/mol. The van der Waals surface area contributed by atoms with Crippen LogP contribution >= 0.6 is 0 Å². The van der Waals surface area contributed by atoms with E-state index in [2.05, 4.69) is 24.1 Å². The van der Waals surface area contributed by atoms with Crippen molar-refractivity contribution in [3.8, 4) is 11.8 Å². The molecule has 0 radical (unpaired) electrons. The van der Waals surface area contributed by atoms with E-state index < -0.39 is 0 Å². The molecule has 0 spiro atoms. The highest BCUT2D eigenvalue weighted by molar-refractivity contribution is 5.94. The van der Waals surface area contributed by atoms with Crippen LogP contribution in [0.15, 0.2) is 24.3 Å². The first-order valence-electron chi connectivity index (χ1n) is 6.72. The molecule has 0 bridgehead atoms. The van der Waals surface area contributed by atoms with Crippen molar-refractivity contribution in [1.29, 1.82) is 0 Å². The summed E-state index contributed by atoms with van der Waals surface area (Å²) >= 11 is 0. The van der Waals surface area contributed by atoms with Crippen LogP contribution in [0.4, 0.5) is 5.69 Å². The SMILES string of the molecule is CC1CCCC1C(=O)Nc1ccccc1C#CCO. The van der Waals surface area contributed by atoms with Gasteiger partial charge in [-0.15, -0.1) is 0 Å². The van der Waals surface area contributed by atoms with E-state index in [0.29, 0.717) is 5.92 Å². The lowest BCUT2D eigenvalue weighted by molar-refractivity contribution is -0.120. The molecule has 1 aliphatic rings. The normalized spacial score (nSPS) is 21.6. The summed E-state index contributed by atoms with van der Waals surface area (Å²) in [5.41, 5.74) is 1.48. The second-order valence-electron chi connectivity index (χ2n) is 5.01. The van der Waals surface area contributed by atoms with E-state index in [1.165, 1.54) is 0 Å². The predicted molar refractivity (Wildman–Crippen MR) is 75.5 cm³/mol. The van der Waals surface area contributed by atoms with Crippen LogP contribution in [0.3, 0.4) is 0 Å². The summed E-state index contributed by atoms with van der Waals surface area (Å²) in [6, 6.07) is 7.43. The van der Waals surface area contributed by atoms with Crippen LogP contribution in [-0.4, -0.2) is 17.6 Å². The van der Waals surface area contributed by atoms with Gasteiger partial charge in [0.05, 0.1) is 5.69 Å². The van der Waals surface area contributed by atoms with Gasteiger partial charge >= 0.3 is 0 Å². The molecule has 2 N–H and O–H groups in total. The minimum atomic E-state index is -0.179. The number of hydrogen-bond donors (Lipinski definition) is 2. The fraction of sp³-hybridized carbons (Fsp3) is 0.438. The molecule has 1 amide bonds. The van der Waals surface area contributed by atoms with E-state index in [-0.39, 0.29) is 18.4 Å². The number of anilines is 1.